The van der Waals surface area contributed by atoms with Gasteiger partial charge in [0, 0.05) is 38.9 Å². The van der Waals surface area contributed by atoms with Crippen LogP contribution in [0.15, 0.2) is 35.3 Å². The van der Waals surface area contributed by atoms with Gasteiger partial charge >= 0.3 is 0 Å². The number of aryl methyl sites for hydroxylation is 3. The highest BCUT2D eigenvalue weighted by molar-refractivity contribution is 14.0. The molecule has 0 atom stereocenters. The van der Waals surface area contributed by atoms with E-state index >= 15 is 0 Å². The van der Waals surface area contributed by atoms with Crippen LogP contribution in [0.5, 0.6) is 0 Å². The van der Waals surface area contributed by atoms with Crippen molar-refractivity contribution in [2.45, 2.75) is 26.8 Å². The number of thiazole rings is 1. The van der Waals surface area contributed by atoms with Crippen LogP contribution in [-0.4, -0.2) is 47.4 Å². The van der Waals surface area contributed by atoms with Gasteiger partial charge in [-0.2, -0.15) is 5.10 Å². The molecule has 1 aromatic carbocycles. The fraction of sp³-hybridized carbons (Fsp3) is 0.421. The standard InChI is InChI=1S/C19H27N7S.HI/c1-14-13-15(2)26(25-14)12-6-9-21-18(20-3)22-10-11-23-19-24-16-7-4-5-8-17(16)27-19;/h4-5,7-8,13H,6,9-12H2,1-3H3,(H,23,24)(H2,20,21,22);1H. The molecule has 9 heteroatoms. The van der Waals surface area contributed by atoms with Crippen LogP contribution in [0.1, 0.15) is 17.8 Å². The Balaban J connectivity index is 0.00000280. The van der Waals surface area contributed by atoms with E-state index in [4.69, 9.17) is 0 Å². The number of benzene rings is 1. The van der Waals surface area contributed by atoms with Gasteiger partial charge in [0.05, 0.1) is 15.9 Å². The first-order valence-corrected chi connectivity index (χ1v) is 10.0. The number of aliphatic imine (C=N–C) groups is 1. The van der Waals surface area contributed by atoms with Crippen LogP contribution in [0.4, 0.5) is 5.13 Å². The minimum atomic E-state index is 0. The largest absolute Gasteiger partial charge is 0.360 e. The van der Waals surface area contributed by atoms with Gasteiger partial charge in [0.1, 0.15) is 0 Å². The van der Waals surface area contributed by atoms with E-state index in [1.54, 1.807) is 18.4 Å². The van der Waals surface area contributed by atoms with Crippen LogP contribution in [0.25, 0.3) is 10.2 Å². The predicted molar refractivity (Wildman–Crippen MR) is 129 cm³/mol. The fourth-order valence-electron chi connectivity index (χ4n) is 2.86. The van der Waals surface area contributed by atoms with E-state index in [0.29, 0.717) is 0 Å². The van der Waals surface area contributed by atoms with Gasteiger partial charge in [0.25, 0.3) is 0 Å². The second-order valence-corrected chi connectivity index (χ2v) is 7.37. The highest BCUT2D eigenvalue weighted by Crippen LogP contribution is 2.24. The topological polar surface area (TPSA) is 79.2 Å². The molecular weight excluding hydrogens is 485 g/mol. The Hall–Kier alpha value is -1.88. The number of aromatic nitrogens is 3. The Morgan fingerprint density at radius 3 is 2.64 bits per heavy atom. The number of hydrogen-bond donors (Lipinski definition) is 3. The quantitative estimate of drug-likeness (QED) is 0.186. The summed E-state index contributed by atoms with van der Waals surface area (Å²) in [6.07, 6.45) is 0.993. The third-order valence-corrected chi connectivity index (χ3v) is 5.15. The van der Waals surface area contributed by atoms with Crippen molar-refractivity contribution in [2.24, 2.45) is 4.99 Å². The molecule has 0 aliphatic heterocycles. The number of para-hydroxylation sites is 1. The number of guanidine groups is 1. The van der Waals surface area contributed by atoms with Crippen molar-refractivity contribution in [2.75, 3.05) is 32.0 Å². The van der Waals surface area contributed by atoms with E-state index in [2.05, 4.69) is 54.8 Å². The lowest BCUT2D eigenvalue weighted by Gasteiger charge is -2.12. The highest BCUT2D eigenvalue weighted by atomic mass is 127. The Morgan fingerprint density at radius 1 is 1.14 bits per heavy atom. The van der Waals surface area contributed by atoms with E-state index in [1.165, 1.54) is 10.4 Å². The zero-order valence-corrected chi connectivity index (χ0v) is 19.7. The molecule has 0 radical (unpaired) electrons. The van der Waals surface area contributed by atoms with Crippen molar-refractivity contribution < 1.29 is 0 Å². The normalized spacial score (nSPS) is 11.3. The average molecular weight is 513 g/mol. The van der Waals surface area contributed by atoms with Crippen molar-refractivity contribution in [3.05, 3.63) is 41.7 Å². The van der Waals surface area contributed by atoms with Crippen LogP contribution < -0.4 is 16.0 Å². The summed E-state index contributed by atoms with van der Waals surface area (Å²) in [5.74, 6) is 0.814. The first-order chi connectivity index (χ1) is 13.2. The Morgan fingerprint density at radius 2 is 1.93 bits per heavy atom. The summed E-state index contributed by atoms with van der Waals surface area (Å²) >= 11 is 1.68. The maximum absolute atomic E-state index is 4.57. The van der Waals surface area contributed by atoms with Crippen molar-refractivity contribution in [3.8, 4) is 0 Å². The van der Waals surface area contributed by atoms with Gasteiger partial charge in [-0.05, 0) is 38.5 Å². The average Bonchev–Trinajstić information content (AvgIpc) is 3.22. The van der Waals surface area contributed by atoms with Gasteiger partial charge in [-0.15, -0.1) is 24.0 Å². The SMILES string of the molecule is CN=C(NCCCn1nc(C)cc1C)NCCNc1nc2ccccc2s1.I. The smallest absolute Gasteiger partial charge is 0.191 e. The second kappa shape index (κ2) is 11.2. The van der Waals surface area contributed by atoms with Crippen molar-refractivity contribution in [1.82, 2.24) is 25.4 Å². The third kappa shape index (κ3) is 6.33. The van der Waals surface area contributed by atoms with E-state index in [0.717, 1.165) is 54.9 Å². The maximum atomic E-state index is 4.57. The van der Waals surface area contributed by atoms with E-state index in [9.17, 15) is 0 Å². The van der Waals surface area contributed by atoms with Gasteiger partial charge in [0.15, 0.2) is 11.1 Å². The summed E-state index contributed by atoms with van der Waals surface area (Å²) in [7, 11) is 1.79. The number of halogens is 1. The molecule has 0 aliphatic rings. The van der Waals surface area contributed by atoms with Crippen LogP contribution in [0.3, 0.4) is 0 Å². The summed E-state index contributed by atoms with van der Waals surface area (Å²) in [6, 6.07) is 10.3. The zero-order chi connectivity index (χ0) is 19.1. The Labute approximate surface area is 187 Å². The lowest BCUT2D eigenvalue weighted by Crippen LogP contribution is -2.40. The molecule has 3 aromatic rings. The number of hydrogen-bond acceptors (Lipinski definition) is 5. The Bertz CT molecular complexity index is 870. The summed E-state index contributed by atoms with van der Waals surface area (Å²) in [5.41, 5.74) is 3.31. The number of anilines is 1. The predicted octanol–water partition coefficient (Wildman–Crippen LogP) is 3.39. The van der Waals surface area contributed by atoms with Gasteiger partial charge in [-0.25, -0.2) is 4.98 Å². The molecule has 7 nitrogen and oxygen atoms in total. The monoisotopic (exact) mass is 513 g/mol. The van der Waals surface area contributed by atoms with Gasteiger partial charge in [-0.3, -0.25) is 9.67 Å². The van der Waals surface area contributed by atoms with E-state index < -0.39 is 0 Å². The zero-order valence-electron chi connectivity index (χ0n) is 16.5. The number of rotatable bonds is 8. The molecule has 0 bridgehead atoms. The molecule has 0 saturated carbocycles. The molecule has 0 saturated heterocycles. The van der Waals surface area contributed by atoms with Crippen molar-refractivity contribution in [1.29, 1.82) is 0 Å². The Kier molecular flexibility index (Phi) is 8.97. The molecule has 3 rings (SSSR count). The second-order valence-electron chi connectivity index (χ2n) is 6.34. The van der Waals surface area contributed by atoms with Gasteiger partial charge < -0.3 is 16.0 Å². The number of nitrogens with zero attached hydrogens (tertiary/aromatic N) is 4. The molecule has 2 aromatic heterocycles. The summed E-state index contributed by atoms with van der Waals surface area (Å²) in [6.45, 7) is 7.42. The summed E-state index contributed by atoms with van der Waals surface area (Å²) < 4.78 is 3.25. The maximum Gasteiger partial charge on any atom is 0.191 e. The van der Waals surface area contributed by atoms with Crippen molar-refractivity contribution in [3.63, 3.8) is 0 Å². The lowest BCUT2D eigenvalue weighted by atomic mass is 10.3. The molecule has 152 valence electrons. The first-order valence-electron chi connectivity index (χ1n) is 9.21. The molecule has 0 aliphatic carbocycles. The minimum absolute atomic E-state index is 0. The van der Waals surface area contributed by atoms with Gasteiger partial charge in [-0.1, -0.05) is 23.5 Å². The fourth-order valence-corrected chi connectivity index (χ4v) is 3.75. The molecule has 2 heterocycles. The van der Waals surface area contributed by atoms with Crippen LogP contribution in [-0.2, 0) is 6.54 Å². The number of nitrogens with one attached hydrogen (secondary N) is 3. The van der Waals surface area contributed by atoms with E-state index in [-0.39, 0.29) is 24.0 Å². The lowest BCUT2D eigenvalue weighted by molar-refractivity contribution is 0.555. The van der Waals surface area contributed by atoms with Crippen molar-refractivity contribution >= 4 is 56.6 Å². The third-order valence-electron chi connectivity index (χ3n) is 4.15. The molecule has 0 unspecified atom stereocenters. The van der Waals surface area contributed by atoms with Gasteiger partial charge in [0.2, 0.25) is 0 Å². The molecule has 0 spiro atoms. The number of fused-ring (bicyclic) bond motifs is 1. The summed E-state index contributed by atoms with van der Waals surface area (Å²) in [5, 5.41) is 15.5. The molecule has 0 amide bonds. The molecule has 28 heavy (non-hydrogen) atoms. The molecular formula is C19H28IN7S. The minimum Gasteiger partial charge on any atom is -0.360 e. The highest BCUT2D eigenvalue weighted by Gasteiger charge is 2.03. The van der Waals surface area contributed by atoms with Crippen LogP contribution in [0.2, 0.25) is 0 Å². The molecule has 0 fully saturated rings. The van der Waals surface area contributed by atoms with Crippen LogP contribution in [0, 0.1) is 13.8 Å². The van der Waals surface area contributed by atoms with E-state index in [1.807, 2.05) is 25.1 Å². The van der Waals surface area contributed by atoms with Crippen LogP contribution >= 0.6 is 35.3 Å². The molecule has 3 N–H and O–H groups in total. The first kappa shape index (κ1) is 22.4. The summed E-state index contributed by atoms with van der Waals surface area (Å²) in [4.78, 5) is 8.84.